The Labute approximate surface area is 149 Å². The molecule has 1 aliphatic rings. The molecule has 0 aliphatic carbocycles. The van der Waals surface area contributed by atoms with Crippen molar-refractivity contribution in [3.05, 3.63) is 24.3 Å². The van der Waals surface area contributed by atoms with Crippen molar-refractivity contribution in [1.29, 1.82) is 0 Å². The minimum absolute atomic E-state index is 0.176. The van der Waals surface area contributed by atoms with Gasteiger partial charge in [0.15, 0.2) is 6.10 Å². The van der Waals surface area contributed by atoms with E-state index >= 15 is 0 Å². The molecule has 0 spiro atoms. The van der Waals surface area contributed by atoms with Gasteiger partial charge in [-0.1, -0.05) is 26.8 Å². The second kappa shape index (κ2) is 8.43. The molecule has 1 heterocycles. The number of ether oxygens (including phenoxy) is 3. The standard InChI is InChI=1S/C19H28O6/c1-7-9-14-10-13(11-16(22)23-6)17(24-15(21)8-2)19(5,25-14)18(3,4)12-20/h7,11-12,14,17H,1,8-10H2,2-6H3/t14-,17+,19-/m1/s1. The second-order valence-electron chi connectivity index (χ2n) is 6.88. The van der Waals surface area contributed by atoms with Crippen LogP contribution in [0.15, 0.2) is 24.3 Å². The summed E-state index contributed by atoms with van der Waals surface area (Å²) in [6, 6.07) is 0. The lowest BCUT2D eigenvalue weighted by molar-refractivity contribution is -0.217. The molecule has 1 saturated heterocycles. The van der Waals surface area contributed by atoms with Crippen molar-refractivity contribution in [2.75, 3.05) is 7.11 Å². The van der Waals surface area contributed by atoms with Gasteiger partial charge in [-0.05, 0) is 25.3 Å². The summed E-state index contributed by atoms with van der Waals surface area (Å²) in [6.45, 7) is 10.6. The lowest BCUT2D eigenvalue weighted by atomic mass is 9.69. The third kappa shape index (κ3) is 4.57. The smallest absolute Gasteiger partial charge is 0.330 e. The molecule has 0 saturated carbocycles. The number of methoxy groups -OCH3 is 1. The van der Waals surface area contributed by atoms with E-state index in [0.29, 0.717) is 18.4 Å². The molecule has 6 nitrogen and oxygen atoms in total. The molecule has 0 bridgehead atoms. The first kappa shape index (κ1) is 21.1. The molecule has 0 radical (unpaired) electrons. The monoisotopic (exact) mass is 352 g/mol. The van der Waals surface area contributed by atoms with Crippen LogP contribution in [0.1, 0.15) is 47.0 Å². The maximum Gasteiger partial charge on any atom is 0.330 e. The van der Waals surface area contributed by atoms with E-state index in [-0.39, 0.29) is 12.5 Å². The van der Waals surface area contributed by atoms with Crippen molar-refractivity contribution in [2.45, 2.75) is 64.8 Å². The zero-order valence-electron chi connectivity index (χ0n) is 15.7. The molecule has 0 N–H and O–H groups in total. The average molecular weight is 352 g/mol. The van der Waals surface area contributed by atoms with Gasteiger partial charge in [0.25, 0.3) is 0 Å². The second-order valence-corrected chi connectivity index (χ2v) is 6.88. The van der Waals surface area contributed by atoms with Gasteiger partial charge >= 0.3 is 11.9 Å². The summed E-state index contributed by atoms with van der Waals surface area (Å²) in [4.78, 5) is 35.5. The van der Waals surface area contributed by atoms with E-state index in [9.17, 15) is 14.4 Å². The molecular weight excluding hydrogens is 324 g/mol. The summed E-state index contributed by atoms with van der Waals surface area (Å²) in [5, 5.41) is 0. The number of rotatable bonds is 7. The number of esters is 2. The highest BCUT2D eigenvalue weighted by molar-refractivity contribution is 5.83. The molecule has 6 heteroatoms. The van der Waals surface area contributed by atoms with Crippen LogP contribution in [0.4, 0.5) is 0 Å². The van der Waals surface area contributed by atoms with Crippen molar-refractivity contribution in [3.63, 3.8) is 0 Å². The fourth-order valence-corrected chi connectivity index (χ4v) is 2.85. The lowest BCUT2D eigenvalue weighted by Gasteiger charge is -2.51. The molecule has 1 aliphatic heterocycles. The number of carbonyl (C=O) groups excluding carboxylic acids is 3. The Hall–Kier alpha value is -1.95. The van der Waals surface area contributed by atoms with Crippen LogP contribution in [0.2, 0.25) is 0 Å². The molecule has 1 fully saturated rings. The van der Waals surface area contributed by atoms with Crippen LogP contribution in [0.3, 0.4) is 0 Å². The van der Waals surface area contributed by atoms with Gasteiger partial charge in [0.1, 0.15) is 11.9 Å². The molecule has 0 amide bonds. The Balaban J connectivity index is 3.46. The van der Waals surface area contributed by atoms with E-state index in [1.165, 1.54) is 13.2 Å². The van der Waals surface area contributed by atoms with Crippen LogP contribution < -0.4 is 0 Å². The van der Waals surface area contributed by atoms with Gasteiger partial charge in [-0.15, -0.1) is 6.58 Å². The molecule has 140 valence electrons. The number of aldehydes is 1. The van der Waals surface area contributed by atoms with Gasteiger partial charge in [0, 0.05) is 12.5 Å². The van der Waals surface area contributed by atoms with E-state index < -0.39 is 29.1 Å². The zero-order chi connectivity index (χ0) is 19.3. The van der Waals surface area contributed by atoms with Crippen molar-refractivity contribution >= 4 is 18.2 Å². The van der Waals surface area contributed by atoms with E-state index in [4.69, 9.17) is 14.2 Å². The average Bonchev–Trinajstić information content (AvgIpc) is 2.57. The van der Waals surface area contributed by atoms with Gasteiger partial charge in [-0.3, -0.25) is 4.79 Å². The predicted octanol–water partition coefficient (Wildman–Crippen LogP) is 2.76. The Morgan fingerprint density at radius 3 is 2.56 bits per heavy atom. The van der Waals surface area contributed by atoms with Crippen LogP contribution in [0.25, 0.3) is 0 Å². The Morgan fingerprint density at radius 2 is 2.08 bits per heavy atom. The first-order valence-corrected chi connectivity index (χ1v) is 8.38. The third-order valence-electron chi connectivity index (χ3n) is 4.76. The van der Waals surface area contributed by atoms with Crippen LogP contribution in [-0.2, 0) is 28.6 Å². The van der Waals surface area contributed by atoms with E-state index in [0.717, 1.165) is 6.29 Å². The number of hydrogen-bond donors (Lipinski definition) is 0. The van der Waals surface area contributed by atoms with Crippen LogP contribution in [-0.4, -0.2) is 43.1 Å². The first-order valence-electron chi connectivity index (χ1n) is 8.38. The fraction of sp³-hybridized carbons (Fsp3) is 0.632. The van der Waals surface area contributed by atoms with Crippen molar-refractivity contribution < 1.29 is 28.6 Å². The first-order chi connectivity index (χ1) is 11.6. The summed E-state index contributed by atoms with van der Waals surface area (Å²) < 4.78 is 16.5. The van der Waals surface area contributed by atoms with Gasteiger partial charge in [0.05, 0.1) is 18.6 Å². The Morgan fingerprint density at radius 1 is 1.44 bits per heavy atom. The minimum Gasteiger partial charge on any atom is -0.466 e. The fourth-order valence-electron chi connectivity index (χ4n) is 2.85. The molecular formula is C19H28O6. The predicted molar refractivity (Wildman–Crippen MR) is 92.8 cm³/mol. The van der Waals surface area contributed by atoms with Gasteiger partial charge < -0.3 is 19.0 Å². The summed E-state index contributed by atoms with van der Waals surface area (Å²) in [5.41, 5.74) is -1.52. The van der Waals surface area contributed by atoms with Gasteiger partial charge in [-0.25, -0.2) is 4.79 Å². The van der Waals surface area contributed by atoms with Crippen molar-refractivity contribution in [1.82, 2.24) is 0 Å². The zero-order valence-corrected chi connectivity index (χ0v) is 15.7. The summed E-state index contributed by atoms with van der Waals surface area (Å²) in [5.74, 6) is -0.975. The molecule has 0 aromatic heterocycles. The van der Waals surface area contributed by atoms with Crippen LogP contribution in [0.5, 0.6) is 0 Å². The maximum absolute atomic E-state index is 12.0. The summed E-state index contributed by atoms with van der Waals surface area (Å²) in [6.07, 6.45) is 3.78. The van der Waals surface area contributed by atoms with Crippen LogP contribution >= 0.6 is 0 Å². The highest BCUT2D eigenvalue weighted by Crippen LogP contribution is 2.45. The summed E-state index contributed by atoms with van der Waals surface area (Å²) in [7, 11) is 1.28. The topological polar surface area (TPSA) is 78.9 Å². The van der Waals surface area contributed by atoms with Crippen LogP contribution in [0, 0.1) is 5.41 Å². The molecule has 25 heavy (non-hydrogen) atoms. The molecule has 0 aromatic carbocycles. The number of hydrogen-bond acceptors (Lipinski definition) is 6. The third-order valence-corrected chi connectivity index (χ3v) is 4.76. The maximum atomic E-state index is 12.0. The SMILES string of the molecule is C=CC[C@@H]1CC(=CC(=O)OC)[C@H](OC(=O)CC)[C@](C)(C(C)(C)C=O)O1. The molecule has 3 atom stereocenters. The minimum atomic E-state index is -1.13. The largest absolute Gasteiger partial charge is 0.466 e. The van der Waals surface area contributed by atoms with E-state index in [1.807, 2.05) is 0 Å². The summed E-state index contributed by atoms with van der Waals surface area (Å²) >= 11 is 0. The van der Waals surface area contributed by atoms with E-state index in [1.54, 1.807) is 33.8 Å². The van der Waals surface area contributed by atoms with E-state index in [2.05, 4.69) is 6.58 Å². The highest BCUT2D eigenvalue weighted by Gasteiger charge is 2.55. The Bertz CT molecular complexity index is 562. The van der Waals surface area contributed by atoms with Gasteiger partial charge in [0.2, 0.25) is 0 Å². The Kier molecular flexibility index (Phi) is 7.11. The van der Waals surface area contributed by atoms with Gasteiger partial charge in [-0.2, -0.15) is 0 Å². The quantitative estimate of drug-likeness (QED) is 0.303. The normalized spacial score (nSPS) is 28.3. The number of carbonyl (C=O) groups is 3. The lowest BCUT2D eigenvalue weighted by Crippen LogP contribution is -2.60. The van der Waals surface area contributed by atoms with Crippen molar-refractivity contribution in [2.24, 2.45) is 5.41 Å². The molecule has 0 unspecified atom stereocenters. The highest BCUT2D eigenvalue weighted by atomic mass is 16.6. The van der Waals surface area contributed by atoms with Crippen molar-refractivity contribution in [3.8, 4) is 0 Å². The molecule has 1 rings (SSSR count). The molecule has 0 aromatic rings.